The summed E-state index contributed by atoms with van der Waals surface area (Å²) in [5.74, 6) is 0. The third kappa shape index (κ3) is 2.22. The van der Waals surface area contributed by atoms with Gasteiger partial charge in [-0.15, -0.1) is 0 Å². The second-order valence-electron chi connectivity index (χ2n) is 3.07. The maximum atomic E-state index is 11.0. The first-order valence-electron chi connectivity index (χ1n) is 4.48. The summed E-state index contributed by atoms with van der Waals surface area (Å²) < 4.78 is 0. The van der Waals surface area contributed by atoms with Gasteiger partial charge in [-0.1, -0.05) is 30.3 Å². The normalized spacial score (nSPS) is 9.93. The zero-order valence-electron chi connectivity index (χ0n) is 7.85. The zero-order chi connectivity index (χ0) is 10.7. The van der Waals surface area contributed by atoms with E-state index in [0.717, 1.165) is 11.3 Å². The average Bonchev–Trinajstić information content (AvgIpc) is 2.30. The summed E-state index contributed by atoms with van der Waals surface area (Å²) in [7, 11) is 0. The summed E-state index contributed by atoms with van der Waals surface area (Å²) in [4.78, 5) is 15.1. The zero-order valence-corrected chi connectivity index (χ0v) is 8.61. The molecule has 15 heavy (non-hydrogen) atoms. The van der Waals surface area contributed by atoms with Crippen molar-refractivity contribution in [2.75, 3.05) is 0 Å². The van der Waals surface area contributed by atoms with Gasteiger partial charge in [0.05, 0.1) is 5.69 Å². The standard InChI is InChI=1S/C12H8ClNO/c13-12(15)10-6-7-14-11(8-10)9-4-2-1-3-5-9/h1-8H. The Labute approximate surface area is 92.5 Å². The highest BCUT2D eigenvalue weighted by Crippen LogP contribution is 2.17. The van der Waals surface area contributed by atoms with Gasteiger partial charge in [-0.2, -0.15) is 0 Å². The van der Waals surface area contributed by atoms with Crippen LogP contribution in [0, 0.1) is 0 Å². The van der Waals surface area contributed by atoms with Crippen molar-refractivity contribution >= 4 is 16.8 Å². The first kappa shape index (κ1) is 9.87. The van der Waals surface area contributed by atoms with Crippen molar-refractivity contribution in [3.05, 3.63) is 54.2 Å². The van der Waals surface area contributed by atoms with Crippen molar-refractivity contribution in [2.45, 2.75) is 0 Å². The molecule has 0 N–H and O–H groups in total. The molecule has 0 aliphatic heterocycles. The Kier molecular flexibility index (Phi) is 2.79. The molecule has 0 bridgehead atoms. The number of carbonyl (C=O) groups is 1. The maximum Gasteiger partial charge on any atom is 0.252 e. The highest BCUT2D eigenvalue weighted by atomic mass is 35.5. The van der Waals surface area contributed by atoms with E-state index in [1.807, 2.05) is 30.3 Å². The van der Waals surface area contributed by atoms with Gasteiger partial charge in [0, 0.05) is 17.3 Å². The van der Waals surface area contributed by atoms with E-state index in [2.05, 4.69) is 4.98 Å². The summed E-state index contributed by atoms with van der Waals surface area (Å²) in [5, 5.41) is -0.463. The molecule has 3 heteroatoms. The number of rotatable bonds is 2. The highest BCUT2D eigenvalue weighted by molar-refractivity contribution is 6.67. The van der Waals surface area contributed by atoms with Crippen molar-refractivity contribution in [2.24, 2.45) is 0 Å². The van der Waals surface area contributed by atoms with Gasteiger partial charge < -0.3 is 0 Å². The van der Waals surface area contributed by atoms with Gasteiger partial charge in [-0.05, 0) is 23.7 Å². The van der Waals surface area contributed by atoms with Crippen molar-refractivity contribution in [3.63, 3.8) is 0 Å². The van der Waals surface area contributed by atoms with Crippen molar-refractivity contribution in [3.8, 4) is 11.3 Å². The van der Waals surface area contributed by atoms with E-state index < -0.39 is 5.24 Å². The van der Waals surface area contributed by atoms with Crippen LogP contribution in [0.3, 0.4) is 0 Å². The Morgan fingerprint density at radius 1 is 1.13 bits per heavy atom. The van der Waals surface area contributed by atoms with Crippen molar-refractivity contribution < 1.29 is 4.79 Å². The van der Waals surface area contributed by atoms with Gasteiger partial charge in [0.2, 0.25) is 0 Å². The molecule has 0 amide bonds. The molecule has 0 saturated heterocycles. The van der Waals surface area contributed by atoms with Crippen LogP contribution in [0.4, 0.5) is 0 Å². The second kappa shape index (κ2) is 4.24. The van der Waals surface area contributed by atoms with Crippen LogP contribution < -0.4 is 0 Å². The van der Waals surface area contributed by atoms with Crippen molar-refractivity contribution in [1.29, 1.82) is 0 Å². The summed E-state index contributed by atoms with van der Waals surface area (Å²) in [6.45, 7) is 0. The smallest absolute Gasteiger partial charge is 0.252 e. The molecular weight excluding hydrogens is 210 g/mol. The molecule has 1 heterocycles. The van der Waals surface area contributed by atoms with Crippen LogP contribution in [-0.4, -0.2) is 10.2 Å². The lowest BCUT2D eigenvalue weighted by Gasteiger charge is -2.00. The first-order chi connectivity index (χ1) is 7.27. The van der Waals surface area contributed by atoms with Gasteiger partial charge in [0.15, 0.2) is 0 Å². The number of nitrogens with zero attached hydrogens (tertiary/aromatic N) is 1. The largest absolute Gasteiger partial charge is 0.276 e. The highest BCUT2D eigenvalue weighted by Gasteiger charge is 2.04. The van der Waals surface area contributed by atoms with Crippen LogP contribution in [0.25, 0.3) is 11.3 Å². The molecule has 0 unspecified atom stereocenters. The Bertz CT molecular complexity index is 482. The van der Waals surface area contributed by atoms with Crippen LogP contribution >= 0.6 is 11.6 Å². The second-order valence-corrected chi connectivity index (χ2v) is 3.41. The number of pyridine rings is 1. The molecule has 0 atom stereocenters. The van der Waals surface area contributed by atoms with Gasteiger partial charge >= 0.3 is 0 Å². The van der Waals surface area contributed by atoms with E-state index >= 15 is 0 Å². The fourth-order valence-corrected chi connectivity index (χ4v) is 1.44. The molecule has 0 radical (unpaired) electrons. The average molecular weight is 218 g/mol. The topological polar surface area (TPSA) is 30.0 Å². The van der Waals surface area contributed by atoms with E-state index in [0.29, 0.717) is 5.56 Å². The monoisotopic (exact) mass is 217 g/mol. The molecule has 0 spiro atoms. The fourth-order valence-electron chi connectivity index (χ4n) is 1.32. The molecule has 0 fully saturated rings. The molecule has 2 nitrogen and oxygen atoms in total. The van der Waals surface area contributed by atoms with Crippen LogP contribution in [0.1, 0.15) is 10.4 Å². The summed E-state index contributed by atoms with van der Waals surface area (Å²) >= 11 is 5.40. The fraction of sp³-hybridized carbons (Fsp3) is 0. The van der Waals surface area contributed by atoms with E-state index in [1.54, 1.807) is 18.3 Å². The number of halogens is 1. The van der Waals surface area contributed by atoms with Gasteiger partial charge in [0.25, 0.3) is 5.24 Å². The third-order valence-electron chi connectivity index (χ3n) is 2.06. The van der Waals surface area contributed by atoms with E-state index in [1.165, 1.54) is 0 Å². The molecule has 74 valence electrons. The van der Waals surface area contributed by atoms with Crippen molar-refractivity contribution in [1.82, 2.24) is 4.98 Å². The minimum absolute atomic E-state index is 0.463. The summed E-state index contributed by atoms with van der Waals surface area (Å²) in [6, 6.07) is 12.9. The molecule has 1 aromatic heterocycles. The van der Waals surface area contributed by atoms with Gasteiger partial charge in [0.1, 0.15) is 0 Å². The summed E-state index contributed by atoms with van der Waals surface area (Å²) in [5.41, 5.74) is 2.19. The summed E-state index contributed by atoms with van der Waals surface area (Å²) in [6.07, 6.45) is 1.58. The Morgan fingerprint density at radius 3 is 2.53 bits per heavy atom. The first-order valence-corrected chi connectivity index (χ1v) is 4.86. The molecule has 2 aromatic rings. The number of hydrogen-bond donors (Lipinski definition) is 0. The Morgan fingerprint density at radius 2 is 1.87 bits per heavy atom. The molecular formula is C12H8ClNO. The molecule has 0 saturated carbocycles. The lowest BCUT2D eigenvalue weighted by molar-refractivity contribution is 0.108. The predicted molar refractivity (Wildman–Crippen MR) is 59.9 cm³/mol. The maximum absolute atomic E-state index is 11.0. The Balaban J connectivity index is 2.46. The number of carbonyl (C=O) groups excluding carboxylic acids is 1. The minimum atomic E-state index is -0.463. The quantitative estimate of drug-likeness (QED) is 0.724. The molecule has 0 aliphatic carbocycles. The lowest BCUT2D eigenvalue weighted by Crippen LogP contribution is -1.91. The third-order valence-corrected chi connectivity index (χ3v) is 2.27. The van der Waals surface area contributed by atoms with Crippen LogP contribution in [0.2, 0.25) is 0 Å². The lowest BCUT2D eigenvalue weighted by atomic mass is 10.1. The van der Waals surface area contributed by atoms with Gasteiger partial charge in [-0.25, -0.2) is 0 Å². The minimum Gasteiger partial charge on any atom is -0.276 e. The van der Waals surface area contributed by atoms with Crippen LogP contribution in [-0.2, 0) is 0 Å². The number of benzene rings is 1. The molecule has 1 aromatic carbocycles. The van der Waals surface area contributed by atoms with E-state index in [4.69, 9.17) is 11.6 Å². The predicted octanol–water partition coefficient (Wildman–Crippen LogP) is 3.13. The van der Waals surface area contributed by atoms with E-state index in [-0.39, 0.29) is 0 Å². The van der Waals surface area contributed by atoms with E-state index in [9.17, 15) is 4.79 Å². The molecule has 0 aliphatic rings. The molecule has 2 rings (SSSR count). The van der Waals surface area contributed by atoms with Gasteiger partial charge in [-0.3, -0.25) is 9.78 Å². The SMILES string of the molecule is O=C(Cl)c1ccnc(-c2ccccc2)c1. The number of hydrogen-bond acceptors (Lipinski definition) is 2. The number of aromatic nitrogens is 1. The van der Waals surface area contributed by atoms with Crippen LogP contribution in [0.15, 0.2) is 48.7 Å². The Hall–Kier alpha value is -1.67. The van der Waals surface area contributed by atoms with Crippen LogP contribution in [0.5, 0.6) is 0 Å².